The second-order valence-electron chi connectivity index (χ2n) is 6.80. The fraction of sp³-hybridized carbons (Fsp3) is 0.273. The van der Waals surface area contributed by atoms with Crippen molar-refractivity contribution in [3.8, 4) is 5.75 Å². The first-order valence-electron chi connectivity index (χ1n) is 9.98. The highest BCUT2D eigenvalue weighted by Gasteiger charge is 2.20. The molecule has 174 valence electrons. The van der Waals surface area contributed by atoms with Crippen LogP contribution < -0.4 is 10.1 Å². The molecule has 8 nitrogen and oxygen atoms in total. The molecule has 0 aliphatic rings. The third-order valence-electron chi connectivity index (χ3n) is 4.55. The molecule has 0 aliphatic heterocycles. The van der Waals surface area contributed by atoms with E-state index in [1.54, 1.807) is 35.8 Å². The number of para-hydroxylation sites is 1. The zero-order chi connectivity index (χ0) is 24.0. The molecule has 0 saturated heterocycles. The standard InChI is InChI=1S/C22H22ClFN4O4S/c1-4-28-20(13(2)32-18-8-6-5-7-17(18)24)26-27-22(28)33-12-19(29)25-14-9-10-16(23)15(11-14)21(30)31-3/h5-11,13H,4,12H2,1-3H3,(H,25,29). The SMILES string of the molecule is CCn1c(SCC(=O)Nc2ccc(Cl)c(C(=O)OC)c2)nnc1C(C)Oc1ccccc1F. The number of carbonyl (C=O) groups is 2. The number of benzene rings is 2. The van der Waals surface area contributed by atoms with Gasteiger partial charge in [0.1, 0.15) is 0 Å². The van der Waals surface area contributed by atoms with Crippen molar-refractivity contribution < 1.29 is 23.5 Å². The average molecular weight is 493 g/mol. The molecule has 3 rings (SSSR count). The highest BCUT2D eigenvalue weighted by molar-refractivity contribution is 7.99. The number of carbonyl (C=O) groups excluding carboxylic acids is 2. The summed E-state index contributed by atoms with van der Waals surface area (Å²) in [5.41, 5.74) is 0.568. The molecule has 0 saturated carbocycles. The van der Waals surface area contributed by atoms with Crippen LogP contribution in [-0.4, -0.2) is 39.5 Å². The van der Waals surface area contributed by atoms with E-state index >= 15 is 0 Å². The number of aromatic nitrogens is 3. The molecule has 0 aliphatic carbocycles. The molecule has 0 radical (unpaired) electrons. The summed E-state index contributed by atoms with van der Waals surface area (Å²) in [4.78, 5) is 24.2. The maximum Gasteiger partial charge on any atom is 0.339 e. The van der Waals surface area contributed by atoms with Gasteiger partial charge < -0.3 is 19.4 Å². The van der Waals surface area contributed by atoms with Crippen molar-refractivity contribution >= 4 is 40.9 Å². The monoisotopic (exact) mass is 492 g/mol. The molecule has 1 atom stereocenters. The first kappa shape index (κ1) is 24.5. The number of thioether (sulfide) groups is 1. The summed E-state index contributed by atoms with van der Waals surface area (Å²) in [6.07, 6.45) is -0.552. The van der Waals surface area contributed by atoms with Gasteiger partial charge >= 0.3 is 5.97 Å². The van der Waals surface area contributed by atoms with Crippen LogP contribution in [-0.2, 0) is 16.1 Å². The normalized spacial score (nSPS) is 11.7. The number of halogens is 2. The summed E-state index contributed by atoms with van der Waals surface area (Å²) in [6, 6.07) is 10.7. The first-order chi connectivity index (χ1) is 15.8. The Morgan fingerprint density at radius 3 is 2.70 bits per heavy atom. The number of amides is 1. The lowest BCUT2D eigenvalue weighted by atomic mass is 10.2. The number of hydrogen-bond donors (Lipinski definition) is 1. The quantitative estimate of drug-likeness (QED) is 0.340. The van der Waals surface area contributed by atoms with Gasteiger partial charge in [-0.05, 0) is 44.2 Å². The molecule has 11 heteroatoms. The van der Waals surface area contributed by atoms with E-state index in [2.05, 4.69) is 20.3 Å². The van der Waals surface area contributed by atoms with Crippen LogP contribution in [0.1, 0.15) is 36.1 Å². The second-order valence-corrected chi connectivity index (χ2v) is 8.15. The Labute approximate surface area is 199 Å². The van der Waals surface area contributed by atoms with E-state index in [0.717, 1.165) is 0 Å². The average Bonchev–Trinajstić information content (AvgIpc) is 3.23. The Hall–Kier alpha value is -3.11. The predicted molar refractivity (Wildman–Crippen MR) is 123 cm³/mol. The van der Waals surface area contributed by atoms with Gasteiger partial charge in [-0.25, -0.2) is 9.18 Å². The number of ether oxygens (including phenoxy) is 2. The summed E-state index contributed by atoms with van der Waals surface area (Å²) in [5.74, 6) is -0.670. The van der Waals surface area contributed by atoms with Gasteiger partial charge in [0, 0.05) is 12.2 Å². The van der Waals surface area contributed by atoms with Gasteiger partial charge in [0.15, 0.2) is 28.7 Å². The lowest BCUT2D eigenvalue weighted by molar-refractivity contribution is -0.113. The number of anilines is 1. The van der Waals surface area contributed by atoms with E-state index in [4.69, 9.17) is 16.3 Å². The summed E-state index contributed by atoms with van der Waals surface area (Å²) in [7, 11) is 1.25. The minimum atomic E-state index is -0.597. The zero-order valence-electron chi connectivity index (χ0n) is 18.2. The van der Waals surface area contributed by atoms with Gasteiger partial charge in [0.25, 0.3) is 0 Å². The minimum Gasteiger partial charge on any atom is -0.480 e. The molecule has 2 aromatic carbocycles. The van der Waals surface area contributed by atoms with Crippen LogP contribution in [0.5, 0.6) is 5.75 Å². The molecule has 1 aromatic heterocycles. The van der Waals surface area contributed by atoms with E-state index in [1.165, 1.54) is 37.1 Å². The Morgan fingerprint density at radius 1 is 1.24 bits per heavy atom. The first-order valence-corrected chi connectivity index (χ1v) is 11.3. The molecular weight excluding hydrogens is 471 g/mol. The van der Waals surface area contributed by atoms with Crippen molar-refractivity contribution in [2.45, 2.75) is 31.7 Å². The van der Waals surface area contributed by atoms with Crippen molar-refractivity contribution in [2.75, 3.05) is 18.2 Å². The summed E-state index contributed by atoms with van der Waals surface area (Å²) in [5, 5.41) is 11.8. The van der Waals surface area contributed by atoms with Crippen molar-refractivity contribution in [3.63, 3.8) is 0 Å². The van der Waals surface area contributed by atoms with Crippen LogP contribution >= 0.6 is 23.4 Å². The number of nitrogens with zero attached hydrogens (tertiary/aromatic N) is 3. The molecule has 1 amide bonds. The zero-order valence-corrected chi connectivity index (χ0v) is 19.7. The Balaban J connectivity index is 1.65. The van der Waals surface area contributed by atoms with Crippen LogP contribution in [0.25, 0.3) is 0 Å². The lowest BCUT2D eigenvalue weighted by Gasteiger charge is -2.16. The number of methoxy groups -OCH3 is 1. The number of esters is 1. The van der Waals surface area contributed by atoms with Crippen LogP contribution in [0.3, 0.4) is 0 Å². The molecule has 1 heterocycles. The predicted octanol–water partition coefficient (Wildman–Crippen LogP) is 4.75. The summed E-state index contributed by atoms with van der Waals surface area (Å²) in [6.45, 7) is 4.20. The topological polar surface area (TPSA) is 95.3 Å². The van der Waals surface area contributed by atoms with Gasteiger partial charge in [-0.1, -0.05) is 35.5 Å². The summed E-state index contributed by atoms with van der Waals surface area (Å²) < 4.78 is 26.1. The Bertz CT molecular complexity index is 1160. The Morgan fingerprint density at radius 2 is 2.00 bits per heavy atom. The van der Waals surface area contributed by atoms with Crippen LogP contribution in [0.15, 0.2) is 47.6 Å². The van der Waals surface area contributed by atoms with E-state index in [9.17, 15) is 14.0 Å². The van der Waals surface area contributed by atoms with Crippen LogP contribution in [0.2, 0.25) is 5.02 Å². The number of nitrogens with one attached hydrogen (secondary N) is 1. The molecule has 0 bridgehead atoms. The van der Waals surface area contributed by atoms with Crippen molar-refractivity contribution in [1.82, 2.24) is 14.8 Å². The van der Waals surface area contributed by atoms with Crippen molar-refractivity contribution in [3.05, 3.63) is 64.7 Å². The molecule has 33 heavy (non-hydrogen) atoms. The lowest BCUT2D eigenvalue weighted by Crippen LogP contribution is -2.16. The fourth-order valence-electron chi connectivity index (χ4n) is 2.98. The van der Waals surface area contributed by atoms with Gasteiger partial charge in [-0.2, -0.15) is 0 Å². The molecule has 0 fully saturated rings. The maximum atomic E-state index is 13.9. The van der Waals surface area contributed by atoms with Gasteiger partial charge in [-0.3, -0.25) is 4.79 Å². The molecule has 1 N–H and O–H groups in total. The van der Waals surface area contributed by atoms with E-state index in [1.807, 2.05) is 6.92 Å². The largest absolute Gasteiger partial charge is 0.480 e. The van der Waals surface area contributed by atoms with E-state index < -0.39 is 17.9 Å². The maximum absolute atomic E-state index is 13.9. The molecule has 1 unspecified atom stereocenters. The summed E-state index contributed by atoms with van der Waals surface area (Å²) >= 11 is 7.20. The molecule has 3 aromatic rings. The molecule has 0 spiro atoms. The van der Waals surface area contributed by atoms with Crippen molar-refractivity contribution in [1.29, 1.82) is 0 Å². The highest BCUT2D eigenvalue weighted by Crippen LogP contribution is 2.26. The minimum absolute atomic E-state index is 0.0524. The van der Waals surface area contributed by atoms with Gasteiger partial charge in [0.2, 0.25) is 5.91 Å². The van der Waals surface area contributed by atoms with Gasteiger partial charge in [0.05, 0.1) is 23.4 Å². The van der Waals surface area contributed by atoms with Gasteiger partial charge in [-0.15, -0.1) is 10.2 Å². The third kappa shape index (κ3) is 6.02. The smallest absolute Gasteiger partial charge is 0.339 e. The third-order valence-corrected chi connectivity index (χ3v) is 5.85. The van der Waals surface area contributed by atoms with Crippen LogP contribution in [0, 0.1) is 5.82 Å². The Kier molecular flexibility index (Phi) is 8.29. The van der Waals surface area contributed by atoms with Crippen LogP contribution in [0.4, 0.5) is 10.1 Å². The number of hydrogen-bond acceptors (Lipinski definition) is 7. The highest BCUT2D eigenvalue weighted by atomic mass is 35.5. The molecular formula is C22H22ClFN4O4S. The van der Waals surface area contributed by atoms with E-state index in [0.29, 0.717) is 23.2 Å². The number of rotatable bonds is 9. The fourth-order valence-corrected chi connectivity index (χ4v) is 3.99. The van der Waals surface area contributed by atoms with Crippen molar-refractivity contribution in [2.24, 2.45) is 0 Å². The second kappa shape index (κ2) is 11.2. The van der Waals surface area contributed by atoms with E-state index in [-0.39, 0.29) is 28.0 Å².